The minimum absolute atomic E-state index is 0.0444. The Morgan fingerprint density at radius 3 is 2.48 bits per heavy atom. The molecule has 2 N–H and O–H groups in total. The average molecular weight is 333 g/mol. The van der Waals surface area contributed by atoms with E-state index >= 15 is 0 Å². The Hall–Kier alpha value is -1.46. The van der Waals surface area contributed by atoms with Gasteiger partial charge in [0.25, 0.3) is 0 Å². The Labute approximate surface area is 133 Å². The Bertz CT molecular complexity index is 523. The second-order valence-corrected chi connectivity index (χ2v) is 5.43. The van der Waals surface area contributed by atoms with Crippen molar-refractivity contribution in [3.8, 4) is 0 Å². The standard InChI is InChI=1S/C14H18Cl2N2O3/c1-4-8(2)12(13(19)21-3)18-14(20)17-9-5-6-10(15)11(16)7-9/h5-8,12H,4H2,1-3H3,(H2,17,18,20)/t8?,12-/m1/s1. The van der Waals surface area contributed by atoms with Crippen molar-refractivity contribution in [1.29, 1.82) is 0 Å². The third kappa shape index (κ3) is 5.10. The number of rotatable bonds is 5. The highest BCUT2D eigenvalue weighted by Crippen LogP contribution is 2.25. The van der Waals surface area contributed by atoms with Crippen molar-refractivity contribution in [2.45, 2.75) is 26.3 Å². The van der Waals surface area contributed by atoms with E-state index in [-0.39, 0.29) is 5.92 Å². The van der Waals surface area contributed by atoms with Gasteiger partial charge in [0.1, 0.15) is 6.04 Å². The zero-order valence-corrected chi connectivity index (χ0v) is 13.6. The van der Waals surface area contributed by atoms with E-state index in [1.807, 2.05) is 13.8 Å². The monoisotopic (exact) mass is 332 g/mol. The number of nitrogens with one attached hydrogen (secondary N) is 2. The summed E-state index contributed by atoms with van der Waals surface area (Å²) in [4.78, 5) is 23.6. The van der Waals surface area contributed by atoms with Crippen LogP contribution < -0.4 is 10.6 Å². The normalized spacial score (nSPS) is 13.2. The molecule has 0 saturated heterocycles. The van der Waals surface area contributed by atoms with Crippen LogP contribution in [0.5, 0.6) is 0 Å². The fourth-order valence-corrected chi connectivity index (χ4v) is 1.98. The summed E-state index contributed by atoms with van der Waals surface area (Å²) < 4.78 is 4.70. The molecule has 0 fully saturated rings. The molecule has 21 heavy (non-hydrogen) atoms. The highest BCUT2D eigenvalue weighted by Gasteiger charge is 2.26. The molecule has 0 aliphatic heterocycles. The van der Waals surface area contributed by atoms with Crippen molar-refractivity contribution >= 4 is 40.9 Å². The van der Waals surface area contributed by atoms with Crippen LogP contribution in [0.25, 0.3) is 0 Å². The fourth-order valence-electron chi connectivity index (χ4n) is 1.68. The number of ether oxygens (including phenoxy) is 1. The molecule has 0 radical (unpaired) electrons. The van der Waals surface area contributed by atoms with Crippen LogP contribution in [0.4, 0.5) is 10.5 Å². The lowest BCUT2D eigenvalue weighted by atomic mass is 9.99. The summed E-state index contributed by atoms with van der Waals surface area (Å²) in [6, 6.07) is 3.50. The van der Waals surface area contributed by atoms with E-state index in [9.17, 15) is 9.59 Å². The van der Waals surface area contributed by atoms with Gasteiger partial charge in [-0.2, -0.15) is 0 Å². The van der Waals surface area contributed by atoms with Crippen LogP contribution in [0.1, 0.15) is 20.3 Å². The van der Waals surface area contributed by atoms with Gasteiger partial charge in [0.15, 0.2) is 0 Å². The van der Waals surface area contributed by atoms with Crippen LogP contribution in [0.2, 0.25) is 10.0 Å². The second-order valence-electron chi connectivity index (χ2n) is 4.61. The maximum atomic E-state index is 12.0. The Morgan fingerprint density at radius 2 is 1.95 bits per heavy atom. The predicted octanol–water partition coefficient (Wildman–Crippen LogP) is 3.70. The molecule has 0 bridgehead atoms. The summed E-state index contributed by atoms with van der Waals surface area (Å²) in [7, 11) is 1.29. The largest absolute Gasteiger partial charge is 0.467 e. The Balaban J connectivity index is 2.73. The zero-order valence-electron chi connectivity index (χ0n) is 12.1. The molecule has 2 amide bonds. The lowest BCUT2D eigenvalue weighted by molar-refractivity contribution is -0.144. The van der Waals surface area contributed by atoms with Gasteiger partial charge in [0.2, 0.25) is 0 Å². The highest BCUT2D eigenvalue weighted by atomic mass is 35.5. The summed E-state index contributed by atoms with van der Waals surface area (Å²) in [5, 5.41) is 5.93. The van der Waals surface area contributed by atoms with E-state index in [0.29, 0.717) is 15.7 Å². The van der Waals surface area contributed by atoms with Gasteiger partial charge in [-0.1, -0.05) is 43.5 Å². The molecule has 0 aliphatic rings. The first-order valence-corrected chi connectivity index (χ1v) is 7.25. The second kappa shape index (κ2) is 8.10. The minimum Gasteiger partial charge on any atom is -0.467 e. The van der Waals surface area contributed by atoms with Crippen molar-refractivity contribution in [1.82, 2.24) is 5.32 Å². The van der Waals surface area contributed by atoms with Gasteiger partial charge < -0.3 is 15.4 Å². The number of anilines is 1. The molecule has 1 unspecified atom stereocenters. The third-order valence-corrected chi connectivity index (χ3v) is 3.87. The van der Waals surface area contributed by atoms with Crippen molar-refractivity contribution in [3.63, 3.8) is 0 Å². The first-order valence-electron chi connectivity index (χ1n) is 6.49. The number of halogens is 2. The minimum atomic E-state index is -0.706. The van der Waals surface area contributed by atoms with E-state index in [4.69, 9.17) is 27.9 Å². The molecule has 1 aromatic rings. The van der Waals surface area contributed by atoms with Gasteiger partial charge in [0.05, 0.1) is 17.2 Å². The Morgan fingerprint density at radius 1 is 1.29 bits per heavy atom. The molecular weight excluding hydrogens is 315 g/mol. The number of hydrogen-bond donors (Lipinski definition) is 2. The molecule has 0 spiro atoms. The van der Waals surface area contributed by atoms with Crippen LogP contribution >= 0.6 is 23.2 Å². The number of esters is 1. The van der Waals surface area contributed by atoms with Crippen LogP contribution in [0, 0.1) is 5.92 Å². The maximum Gasteiger partial charge on any atom is 0.328 e. The molecule has 116 valence electrons. The lowest BCUT2D eigenvalue weighted by Gasteiger charge is -2.22. The van der Waals surface area contributed by atoms with E-state index < -0.39 is 18.0 Å². The molecule has 2 atom stereocenters. The number of benzene rings is 1. The average Bonchev–Trinajstić information content (AvgIpc) is 2.47. The Kier molecular flexibility index (Phi) is 6.78. The summed E-state index contributed by atoms with van der Waals surface area (Å²) in [6.07, 6.45) is 0.729. The summed E-state index contributed by atoms with van der Waals surface area (Å²) in [6.45, 7) is 3.79. The molecule has 1 aromatic carbocycles. The quantitative estimate of drug-likeness (QED) is 0.808. The zero-order chi connectivity index (χ0) is 16.0. The number of carbonyl (C=O) groups is 2. The molecule has 7 heteroatoms. The van der Waals surface area contributed by atoms with Crippen molar-refractivity contribution in [3.05, 3.63) is 28.2 Å². The molecule has 0 aromatic heterocycles. The van der Waals surface area contributed by atoms with Gasteiger partial charge in [-0.15, -0.1) is 0 Å². The highest BCUT2D eigenvalue weighted by molar-refractivity contribution is 6.42. The molecule has 5 nitrogen and oxygen atoms in total. The van der Waals surface area contributed by atoms with Crippen LogP contribution in [0.15, 0.2) is 18.2 Å². The van der Waals surface area contributed by atoms with E-state index in [1.54, 1.807) is 12.1 Å². The number of urea groups is 1. The van der Waals surface area contributed by atoms with Gasteiger partial charge in [-0.25, -0.2) is 9.59 Å². The van der Waals surface area contributed by atoms with Crippen molar-refractivity contribution in [2.75, 3.05) is 12.4 Å². The molecule has 0 saturated carbocycles. The number of amides is 2. The molecule has 0 heterocycles. The molecule has 0 aliphatic carbocycles. The summed E-state index contributed by atoms with van der Waals surface area (Å²) in [5.74, 6) is -0.523. The SMILES string of the molecule is CCC(C)[C@@H](NC(=O)Nc1ccc(Cl)c(Cl)c1)C(=O)OC. The van der Waals surface area contributed by atoms with E-state index in [2.05, 4.69) is 10.6 Å². The first-order chi connectivity index (χ1) is 9.88. The van der Waals surface area contributed by atoms with Crippen LogP contribution in [-0.2, 0) is 9.53 Å². The van der Waals surface area contributed by atoms with Crippen LogP contribution in [-0.4, -0.2) is 25.2 Å². The topological polar surface area (TPSA) is 67.4 Å². The molecular formula is C14H18Cl2N2O3. The summed E-state index contributed by atoms with van der Waals surface area (Å²) in [5.41, 5.74) is 0.481. The lowest BCUT2D eigenvalue weighted by Crippen LogP contribution is -2.47. The fraction of sp³-hybridized carbons (Fsp3) is 0.429. The number of hydrogen-bond acceptors (Lipinski definition) is 3. The van der Waals surface area contributed by atoms with Crippen LogP contribution in [0.3, 0.4) is 0 Å². The van der Waals surface area contributed by atoms with Crippen molar-refractivity contribution in [2.24, 2.45) is 5.92 Å². The van der Waals surface area contributed by atoms with Gasteiger partial charge in [0, 0.05) is 5.69 Å². The van der Waals surface area contributed by atoms with Crippen molar-refractivity contribution < 1.29 is 14.3 Å². The van der Waals surface area contributed by atoms with Gasteiger partial charge in [-0.3, -0.25) is 0 Å². The maximum absolute atomic E-state index is 12.0. The predicted molar refractivity (Wildman–Crippen MR) is 83.9 cm³/mol. The van der Waals surface area contributed by atoms with Gasteiger partial charge in [-0.05, 0) is 24.1 Å². The smallest absolute Gasteiger partial charge is 0.328 e. The number of methoxy groups -OCH3 is 1. The van der Waals surface area contributed by atoms with E-state index in [1.165, 1.54) is 13.2 Å². The van der Waals surface area contributed by atoms with E-state index in [0.717, 1.165) is 6.42 Å². The molecule has 1 rings (SSSR count). The van der Waals surface area contributed by atoms with Gasteiger partial charge >= 0.3 is 12.0 Å². The first kappa shape index (κ1) is 17.6. The summed E-state index contributed by atoms with van der Waals surface area (Å²) >= 11 is 11.7. The third-order valence-electron chi connectivity index (χ3n) is 3.13. The number of carbonyl (C=O) groups excluding carboxylic acids is 2.